The Bertz CT molecular complexity index is 1300. The first-order chi connectivity index (χ1) is 14.7. The maximum atomic E-state index is 13.1. The molecule has 3 aromatic rings. The Balaban J connectivity index is 1.77. The molecule has 0 spiro atoms. The summed E-state index contributed by atoms with van der Waals surface area (Å²) in [5, 5.41) is 4.99. The zero-order valence-electron chi connectivity index (χ0n) is 17.1. The van der Waals surface area contributed by atoms with Gasteiger partial charge in [0.05, 0.1) is 17.2 Å². The number of rotatable bonds is 6. The number of primary sulfonamides is 1. The number of Topliss-reactive ketones (excluding diaryl/α,β-unsaturated/α-hetero) is 1. The van der Waals surface area contributed by atoms with E-state index in [9.17, 15) is 13.2 Å². The highest BCUT2D eigenvalue weighted by atomic mass is 32.3. The molecule has 3 heterocycles. The maximum Gasteiger partial charge on any atom is 0.244 e. The van der Waals surface area contributed by atoms with Crippen molar-refractivity contribution in [1.82, 2.24) is 14.5 Å². The minimum Gasteiger partial charge on any atom is -0.307 e. The summed E-state index contributed by atoms with van der Waals surface area (Å²) in [6.45, 7) is 3.98. The van der Waals surface area contributed by atoms with Gasteiger partial charge in [-0.25, -0.2) is 23.5 Å². The molecule has 1 aromatic carbocycles. The first-order valence-electron chi connectivity index (χ1n) is 9.78. The van der Waals surface area contributed by atoms with Crippen molar-refractivity contribution in [2.24, 2.45) is 16.8 Å². The van der Waals surface area contributed by atoms with E-state index in [0.717, 1.165) is 11.8 Å². The number of hydrogen-bond donors (Lipinski definition) is 2. The molecular weight excluding hydrogens is 434 g/mol. The van der Waals surface area contributed by atoms with Gasteiger partial charge in [0.15, 0.2) is 11.4 Å². The molecule has 4 N–H and O–H groups in total. The number of nitrogens with zero attached hydrogens (tertiary/aromatic N) is 3. The minimum atomic E-state index is -4.04. The quantitative estimate of drug-likeness (QED) is 0.581. The molecule has 0 amide bonds. The third kappa shape index (κ3) is 4.16. The van der Waals surface area contributed by atoms with Gasteiger partial charge in [0.2, 0.25) is 10.0 Å². The number of aromatic nitrogens is 3. The van der Waals surface area contributed by atoms with E-state index in [2.05, 4.69) is 9.97 Å². The van der Waals surface area contributed by atoms with Crippen LogP contribution in [0, 0.1) is 5.92 Å². The second-order valence-electron chi connectivity index (χ2n) is 7.88. The zero-order chi connectivity index (χ0) is 22.3. The van der Waals surface area contributed by atoms with Crippen LogP contribution in [0.25, 0.3) is 16.7 Å². The molecule has 0 saturated heterocycles. The molecule has 1 aliphatic heterocycles. The lowest BCUT2D eigenvalue weighted by Gasteiger charge is -2.16. The molecule has 0 fully saturated rings. The molecule has 10 heteroatoms. The number of carbonyl (C=O) groups excluding carboxylic acids is 1. The zero-order valence-corrected chi connectivity index (χ0v) is 18.7. The summed E-state index contributed by atoms with van der Waals surface area (Å²) >= 11 is 1.03. The molecular formula is C21H23N5O3S2. The van der Waals surface area contributed by atoms with Crippen molar-refractivity contribution in [2.75, 3.05) is 0 Å². The number of thioether (sulfide) groups is 1. The normalized spacial score (nSPS) is 18.4. The summed E-state index contributed by atoms with van der Waals surface area (Å²) in [6, 6.07) is 10.6. The summed E-state index contributed by atoms with van der Waals surface area (Å²) in [4.78, 5) is 21.8. The first-order valence-corrected chi connectivity index (χ1v) is 12.2. The van der Waals surface area contributed by atoms with E-state index in [1.54, 1.807) is 41.4 Å². The lowest BCUT2D eigenvalue weighted by atomic mass is 9.96. The van der Waals surface area contributed by atoms with Crippen molar-refractivity contribution < 1.29 is 13.2 Å². The van der Waals surface area contributed by atoms with Gasteiger partial charge in [0.1, 0.15) is 15.9 Å². The Morgan fingerprint density at radius 2 is 1.97 bits per heavy atom. The summed E-state index contributed by atoms with van der Waals surface area (Å²) in [7, 11) is -4.04. The van der Waals surface area contributed by atoms with Gasteiger partial charge in [0.25, 0.3) is 0 Å². The van der Waals surface area contributed by atoms with Crippen molar-refractivity contribution in [2.45, 2.75) is 31.7 Å². The van der Waals surface area contributed by atoms with Crippen LogP contribution in [0.2, 0.25) is 0 Å². The van der Waals surface area contributed by atoms with Gasteiger partial charge in [-0.2, -0.15) is 0 Å². The van der Waals surface area contributed by atoms with Crippen molar-refractivity contribution in [3.8, 4) is 0 Å². The molecule has 1 aliphatic rings. The Hall–Kier alpha value is -2.53. The largest absolute Gasteiger partial charge is 0.307 e. The number of hydrogen-bond acceptors (Lipinski definition) is 7. The molecule has 162 valence electrons. The number of imidazole rings is 1. The predicted octanol–water partition coefficient (Wildman–Crippen LogP) is 2.62. The molecule has 0 aliphatic carbocycles. The monoisotopic (exact) mass is 457 g/mol. The summed E-state index contributed by atoms with van der Waals surface area (Å²) in [5.41, 5.74) is 9.14. The van der Waals surface area contributed by atoms with Crippen LogP contribution in [0.15, 0.2) is 53.2 Å². The highest BCUT2D eigenvalue weighted by molar-refractivity contribution is 8.19. The SMILES string of the molecule is CC(C)CC1SC(S(N)(=O)=O)=C(c2cccc(C(N)n3cnc4cccnc43)c2)C1=O. The number of allylic oxidation sites excluding steroid dienone is 1. The molecule has 8 nitrogen and oxygen atoms in total. The third-order valence-electron chi connectivity index (χ3n) is 5.08. The van der Waals surface area contributed by atoms with E-state index in [1.165, 1.54) is 0 Å². The molecule has 0 saturated carbocycles. The van der Waals surface area contributed by atoms with Crippen LogP contribution in [0.4, 0.5) is 0 Å². The fourth-order valence-corrected chi connectivity index (χ4v) is 6.35. The molecule has 0 bridgehead atoms. The van der Waals surface area contributed by atoms with Gasteiger partial charge in [-0.3, -0.25) is 9.36 Å². The molecule has 0 radical (unpaired) electrons. The van der Waals surface area contributed by atoms with E-state index >= 15 is 0 Å². The van der Waals surface area contributed by atoms with E-state index in [0.29, 0.717) is 28.7 Å². The van der Waals surface area contributed by atoms with Crippen LogP contribution >= 0.6 is 11.8 Å². The van der Waals surface area contributed by atoms with E-state index in [4.69, 9.17) is 10.9 Å². The topological polar surface area (TPSA) is 134 Å². The predicted molar refractivity (Wildman–Crippen MR) is 122 cm³/mol. The highest BCUT2D eigenvalue weighted by Gasteiger charge is 2.39. The van der Waals surface area contributed by atoms with Crippen LogP contribution in [-0.2, 0) is 14.8 Å². The molecule has 4 rings (SSSR count). The standard InChI is InChI=1S/C21H23N5O3S2/c1-12(2)9-16-18(27)17(21(30-16)31(23,28)29)13-5-3-6-14(10-13)19(22)26-11-25-15-7-4-8-24-20(15)26/h3-8,10-12,16,19H,9,22H2,1-2H3,(H2,23,28,29). The number of benzene rings is 1. The van der Waals surface area contributed by atoms with Gasteiger partial charge < -0.3 is 5.73 Å². The lowest BCUT2D eigenvalue weighted by Crippen LogP contribution is -2.20. The first kappa shape index (κ1) is 21.7. The summed E-state index contributed by atoms with van der Waals surface area (Å²) < 4.78 is 26.1. The van der Waals surface area contributed by atoms with Gasteiger partial charge in [-0.15, -0.1) is 11.8 Å². The minimum absolute atomic E-state index is 0.0800. The molecule has 2 aromatic heterocycles. The number of pyridine rings is 1. The number of carbonyl (C=O) groups is 1. The Labute approximate surface area is 184 Å². The Morgan fingerprint density at radius 3 is 2.68 bits per heavy atom. The smallest absolute Gasteiger partial charge is 0.244 e. The average molecular weight is 458 g/mol. The van der Waals surface area contributed by atoms with E-state index in [-0.39, 0.29) is 21.5 Å². The van der Waals surface area contributed by atoms with Gasteiger partial charge in [-0.1, -0.05) is 32.0 Å². The number of ketones is 1. The maximum absolute atomic E-state index is 13.1. The summed E-state index contributed by atoms with van der Waals surface area (Å²) in [6.07, 6.45) is 3.22. The van der Waals surface area contributed by atoms with Crippen molar-refractivity contribution >= 4 is 44.3 Å². The van der Waals surface area contributed by atoms with E-state index in [1.807, 2.05) is 26.0 Å². The molecule has 31 heavy (non-hydrogen) atoms. The van der Waals surface area contributed by atoms with Crippen LogP contribution in [0.5, 0.6) is 0 Å². The lowest BCUT2D eigenvalue weighted by molar-refractivity contribution is -0.113. The number of fused-ring (bicyclic) bond motifs is 1. The van der Waals surface area contributed by atoms with Crippen LogP contribution in [0.3, 0.4) is 0 Å². The fraction of sp³-hybridized carbons (Fsp3) is 0.286. The van der Waals surface area contributed by atoms with Crippen molar-refractivity contribution in [3.05, 3.63) is 64.3 Å². The Kier molecular flexibility index (Phi) is 5.73. The highest BCUT2D eigenvalue weighted by Crippen LogP contribution is 2.44. The molecule has 2 unspecified atom stereocenters. The average Bonchev–Trinajstić information content (AvgIpc) is 3.29. The van der Waals surface area contributed by atoms with Gasteiger partial charge in [-0.05, 0) is 41.7 Å². The third-order valence-corrected chi connectivity index (χ3v) is 7.90. The van der Waals surface area contributed by atoms with Gasteiger partial charge in [0, 0.05) is 6.20 Å². The second-order valence-corrected chi connectivity index (χ2v) is 10.8. The van der Waals surface area contributed by atoms with Crippen LogP contribution in [0.1, 0.15) is 37.6 Å². The molecule has 2 atom stereocenters. The van der Waals surface area contributed by atoms with Crippen molar-refractivity contribution in [3.63, 3.8) is 0 Å². The fourth-order valence-electron chi connectivity index (χ4n) is 3.67. The van der Waals surface area contributed by atoms with E-state index < -0.39 is 21.4 Å². The van der Waals surface area contributed by atoms with Crippen LogP contribution in [-0.4, -0.2) is 34.0 Å². The van der Waals surface area contributed by atoms with Crippen molar-refractivity contribution in [1.29, 1.82) is 0 Å². The van der Waals surface area contributed by atoms with Crippen LogP contribution < -0.4 is 10.9 Å². The number of nitrogens with two attached hydrogens (primary N) is 2. The Morgan fingerprint density at radius 1 is 1.19 bits per heavy atom. The van der Waals surface area contributed by atoms with Gasteiger partial charge >= 0.3 is 0 Å². The number of sulfonamides is 1. The summed E-state index contributed by atoms with van der Waals surface area (Å²) in [5.74, 6) is 0.0208. The second kappa shape index (κ2) is 8.19.